The van der Waals surface area contributed by atoms with Gasteiger partial charge in [-0.3, -0.25) is 4.79 Å². The zero-order chi connectivity index (χ0) is 17.5. The third kappa shape index (κ3) is 5.93. The average Bonchev–Trinajstić information content (AvgIpc) is 3.08. The molecule has 0 spiro atoms. The van der Waals surface area contributed by atoms with Crippen molar-refractivity contribution in [2.75, 3.05) is 5.75 Å². The highest BCUT2D eigenvalue weighted by Gasteiger charge is 2.18. The van der Waals surface area contributed by atoms with Crippen molar-refractivity contribution in [2.24, 2.45) is 0 Å². The Balaban J connectivity index is 1.40. The molecule has 3 rings (SSSR count). The maximum Gasteiger partial charge on any atom is 0.316 e. The van der Waals surface area contributed by atoms with Crippen LogP contribution in [0.4, 0.5) is 0 Å². The van der Waals surface area contributed by atoms with Gasteiger partial charge >= 0.3 is 5.97 Å². The molecule has 1 aromatic carbocycles. The third-order valence-electron chi connectivity index (χ3n) is 3.79. The van der Waals surface area contributed by atoms with E-state index in [0.717, 1.165) is 25.7 Å². The normalized spacial score (nSPS) is 15.1. The van der Waals surface area contributed by atoms with Gasteiger partial charge in [-0.2, -0.15) is 0 Å². The van der Waals surface area contributed by atoms with Crippen LogP contribution in [0.25, 0.3) is 0 Å². The highest BCUT2D eigenvalue weighted by atomic mass is 35.5. The zero-order valence-electron chi connectivity index (χ0n) is 13.7. The number of rotatable bonds is 7. The van der Waals surface area contributed by atoms with Gasteiger partial charge in [-0.25, -0.2) is 0 Å². The lowest BCUT2D eigenvalue weighted by atomic mass is 9.98. The van der Waals surface area contributed by atoms with Crippen molar-refractivity contribution in [3.8, 4) is 5.75 Å². The number of benzene rings is 1. The Hall–Kier alpha value is -1.73. The minimum absolute atomic E-state index is 0.0628. The van der Waals surface area contributed by atoms with Crippen LogP contribution in [0.3, 0.4) is 0 Å². The van der Waals surface area contributed by atoms with E-state index >= 15 is 0 Å². The average molecular weight is 383 g/mol. The van der Waals surface area contributed by atoms with Crippen molar-refractivity contribution in [1.82, 2.24) is 10.2 Å². The summed E-state index contributed by atoms with van der Waals surface area (Å²) in [6.07, 6.45) is 5.47. The van der Waals surface area contributed by atoms with Crippen molar-refractivity contribution in [3.05, 3.63) is 35.2 Å². The Morgan fingerprint density at radius 3 is 2.72 bits per heavy atom. The Bertz CT molecular complexity index is 686. The molecule has 0 amide bonds. The van der Waals surface area contributed by atoms with Crippen LogP contribution >= 0.6 is 23.4 Å². The van der Waals surface area contributed by atoms with Gasteiger partial charge in [0.15, 0.2) is 6.61 Å². The summed E-state index contributed by atoms with van der Waals surface area (Å²) in [5.74, 6) is 0.927. The smallest absolute Gasteiger partial charge is 0.316 e. The first-order valence-electron chi connectivity index (χ1n) is 8.22. The second-order valence-electron chi connectivity index (χ2n) is 5.74. The van der Waals surface area contributed by atoms with Crippen LogP contribution < -0.4 is 4.74 Å². The lowest BCUT2D eigenvalue weighted by Gasteiger charge is -2.21. The standard InChI is InChI=1S/C17H19ClN2O4S/c18-12-6-8-13(9-7-12)22-10-15-19-20-17(24-15)25-11-16(21)23-14-4-2-1-3-5-14/h6-9,14H,1-5,10-11H2. The van der Waals surface area contributed by atoms with Gasteiger partial charge in [-0.15, -0.1) is 10.2 Å². The maximum atomic E-state index is 11.9. The zero-order valence-corrected chi connectivity index (χ0v) is 15.2. The highest BCUT2D eigenvalue weighted by Crippen LogP contribution is 2.22. The second kappa shape index (κ2) is 9.10. The minimum atomic E-state index is -0.242. The Labute approximate surface area is 155 Å². The Morgan fingerprint density at radius 2 is 1.96 bits per heavy atom. The first kappa shape index (κ1) is 18.1. The molecule has 25 heavy (non-hydrogen) atoms. The van der Waals surface area contributed by atoms with Crippen LogP contribution in [0.2, 0.25) is 5.02 Å². The molecule has 0 atom stereocenters. The van der Waals surface area contributed by atoms with Crippen molar-refractivity contribution in [3.63, 3.8) is 0 Å². The summed E-state index contributed by atoms with van der Waals surface area (Å²) in [6, 6.07) is 7.00. The summed E-state index contributed by atoms with van der Waals surface area (Å²) in [4.78, 5) is 11.9. The molecule has 6 nitrogen and oxygen atoms in total. The fourth-order valence-corrected chi connectivity index (χ4v) is 3.24. The number of carbonyl (C=O) groups excluding carboxylic acids is 1. The van der Waals surface area contributed by atoms with Gasteiger partial charge in [0.2, 0.25) is 0 Å². The highest BCUT2D eigenvalue weighted by molar-refractivity contribution is 7.99. The molecule has 1 fully saturated rings. The number of esters is 1. The lowest BCUT2D eigenvalue weighted by molar-refractivity contribution is -0.147. The largest absolute Gasteiger partial charge is 0.484 e. The first-order valence-corrected chi connectivity index (χ1v) is 9.58. The molecule has 1 aliphatic carbocycles. The number of nitrogens with zero attached hydrogens (tertiary/aromatic N) is 2. The molecule has 134 valence electrons. The van der Waals surface area contributed by atoms with Crippen molar-refractivity contribution in [1.29, 1.82) is 0 Å². The monoisotopic (exact) mass is 382 g/mol. The van der Waals surface area contributed by atoms with Gasteiger partial charge in [-0.1, -0.05) is 29.8 Å². The van der Waals surface area contributed by atoms with Crippen molar-refractivity contribution in [2.45, 2.75) is 50.0 Å². The van der Waals surface area contributed by atoms with Gasteiger partial charge in [0.05, 0.1) is 0 Å². The lowest BCUT2D eigenvalue weighted by Crippen LogP contribution is -2.21. The van der Waals surface area contributed by atoms with Crippen molar-refractivity contribution < 1.29 is 18.7 Å². The van der Waals surface area contributed by atoms with Crippen LogP contribution in [-0.4, -0.2) is 28.0 Å². The molecule has 1 aliphatic rings. The van der Waals surface area contributed by atoms with Crippen LogP contribution in [0.15, 0.2) is 33.9 Å². The van der Waals surface area contributed by atoms with Gasteiger partial charge in [0.1, 0.15) is 17.6 Å². The number of hydrogen-bond donors (Lipinski definition) is 0. The van der Waals surface area contributed by atoms with E-state index in [1.165, 1.54) is 18.2 Å². The molecular formula is C17H19ClN2O4S. The summed E-state index contributed by atoms with van der Waals surface area (Å²) < 4.78 is 16.4. The molecule has 0 saturated heterocycles. The summed E-state index contributed by atoms with van der Waals surface area (Å²) in [5.41, 5.74) is 0. The van der Waals surface area contributed by atoms with Gasteiger partial charge in [0.25, 0.3) is 11.1 Å². The predicted molar refractivity (Wildman–Crippen MR) is 93.8 cm³/mol. The molecule has 0 bridgehead atoms. The van der Waals surface area contributed by atoms with E-state index in [0.29, 0.717) is 21.9 Å². The maximum absolute atomic E-state index is 11.9. The molecule has 0 unspecified atom stereocenters. The molecule has 8 heteroatoms. The summed E-state index contributed by atoms with van der Waals surface area (Å²) in [7, 11) is 0. The third-order valence-corrected chi connectivity index (χ3v) is 4.83. The van der Waals surface area contributed by atoms with E-state index in [-0.39, 0.29) is 24.4 Å². The second-order valence-corrected chi connectivity index (χ2v) is 7.11. The number of hydrogen-bond acceptors (Lipinski definition) is 7. The number of aromatic nitrogens is 2. The van der Waals surface area contributed by atoms with Crippen molar-refractivity contribution >= 4 is 29.3 Å². The van der Waals surface area contributed by atoms with Crippen LogP contribution in [0.5, 0.6) is 5.75 Å². The predicted octanol–water partition coefficient (Wildman–Crippen LogP) is 4.27. The molecular weight excluding hydrogens is 364 g/mol. The van der Waals surface area contributed by atoms with E-state index < -0.39 is 0 Å². The molecule has 1 heterocycles. The summed E-state index contributed by atoms with van der Waals surface area (Å²) in [5, 5.41) is 8.77. The number of thioether (sulfide) groups is 1. The van der Waals surface area contributed by atoms with E-state index in [4.69, 9.17) is 25.5 Å². The number of halogens is 1. The van der Waals surface area contributed by atoms with Crippen LogP contribution in [-0.2, 0) is 16.1 Å². The number of ether oxygens (including phenoxy) is 2. The molecule has 0 N–H and O–H groups in total. The molecule has 2 aromatic rings. The van der Waals surface area contributed by atoms with Gasteiger partial charge in [0, 0.05) is 5.02 Å². The topological polar surface area (TPSA) is 74.5 Å². The van der Waals surface area contributed by atoms with E-state index in [2.05, 4.69) is 10.2 Å². The fourth-order valence-electron chi connectivity index (χ4n) is 2.55. The van der Waals surface area contributed by atoms with E-state index in [9.17, 15) is 4.79 Å². The molecule has 1 aromatic heterocycles. The van der Waals surface area contributed by atoms with E-state index in [1.807, 2.05) is 0 Å². The fraction of sp³-hybridized carbons (Fsp3) is 0.471. The first-order chi connectivity index (χ1) is 12.2. The van der Waals surface area contributed by atoms with Gasteiger partial charge < -0.3 is 13.9 Å². The molecule has 0 aliphatic heterocycles. The van der Waals surface area contributed by atoms with Gasteiger partial charge in [-0.05, 0) is 49.9 Å². The Morgan fingerprint density at radius 1 is 1.20 bits per heavy atom. The van der Waals surface area contributed by atoms with Crippen LogP contribution in [0, 0.1) is 0 Å². The quantitative estimate of drug-likeness (QED) is 0.522. The Kier molecular flexibility index (Phi) is 6.58. The minimum Gasteiger partial charge on any atom is -0.484 e. The summed E-state index contributed by atoms with van der Waals surface area (Å²) in [6.45, 7) is 0.154. The number of carbonyl (C=O) groups is 1. The summed E-state index contributed by atoms with van der Waals surface area (Å²) >= 11 is 6.99. The molecule has 0 radical (unpaired) electrons. The molecule has 1 saturated carbocycles. The SMILES string of the molecule is O=C(CSc1nnc(COc2ccc(Cl)cc2)o1)OC1CCCCC1. The van der Waals surface area contributed by atoms with E-state index in [1.54, 1.807) is 24.3 Å². The van der Waals surface area contributed by atoms with Crippen LogP contribution in [0.1, 0.15) is 38.0 Å².